The van der Waals surface area contributed by atoms with Crippen LogP contribution in [0.5, 0.6) is 0 Å². The normalized spacial score (nSPS) is 11.8. The van der Waals surface area contributed by atoms with E-state index in [0.29, 0.717) is 28.4 Å². The van der Waals surface area contributed by atoms with Gasteiger partial charge in [0, 0.05) is 11.1 Å². The molecule has 7 nitrogen and oxygen atoms in total. The number of ether oxygens (including phenoxy) is 1. The molecule has 36 heavy (non-hydrogen) atoms. The van der Waals surface area contributed by atoms with Gasteiger partial charge in [-0.25, -0.2) is 14.8 Å². The van der Waals surface area contributed by atoms with E-state index in [1.54, 1.807) is 20.8 Å². The van der Waals surface area contributed by atoms with Crippen LogP contribution in [0.15, 0.2) is 60.3 Å². The second-order valence-corrected chi connectivity index (χ2v) is 9.31. The van der Waals surface area contributed by atoms with Crippen molar-refractivity contribution < 1.29 is 14.3 Å². The highest BCUT2D eigenvalue weighted by Crippen LogP contribution is 2.32. The second-order valence-electron chi connectivity index (χ2n) is 9.31. The van der Waals surface area contributed by atoms with Gasteiger partial charge in [-0.15, -0.1) is 0 Å². The van der Waals surface area contributed by atoms with Crippen molar-refractivity contribution in [2.75, 3.05) is 6.61 Å². The van der Waals surface area contributed by atoms with Crippen molar-refractivity contribution in [3.8, 4) is 17.2 Å². The number of aryl methyl sites for hydroxylation is 2. The summed E-state index contributed by atoms with van der Waals surface area (Å²) in [6, 6.07) is 19.8. The van der Waals surface area contributed by atoms with E-state index >= 15 is 0 Å². The van der Waals surface area contributed by atoms with Crippen LogP contribution < -0.4 is 5.32 Å². The smallest absolute Gasteiger partial charge is 0.342 e. The molecular weight excluding hydrogens is 452 g/mol. The Bertz CT molecular complexity index is 1350. The number of benzene rings is 2. The molecule has 0 saturated heterocycles. The molecule has 1 heterocycles. The summed E-state index contributed by atoms with van der Waals surface area (Å²) in [5.74, 6) is -0.923. The Balaban J connectivity index is 2.07. The Morgan fingerprint density at radius 2 is 1.58 bits per heavy atom. The van der Waals surface area contributed by atoms with E-state index in [9.17, 15) is 14.9 Å². The molecule has 0 aliphatic heterocycles. The molecule has 0 fully saturated rings. The van der Waals surface area contributed by atoms with Crippen LogP contribution in [0.3, 0.4) is 0 Å². The number of aromatic nitrogens is 2. The van der Waals surface area contributed by atoms with Gasteiger partial charge in [-0.3, -0.25) is 4.79 Å². The summed E-state index contributed by atoms with van der Waals surface area (Å²) in [5.41, 5.74) is 3.19. The minimum Gasteiger partial charge on any atom is -0.462 e. The van der Waals surface area contributed by atoms with Crippen molar-refractivity contribution in [3.05, 3.63) is 88.6 Å². The number of carbonyl (C=O) groups is 2. The predicted octanol–water partition coefficient (Wildman–Crippen LogP) is 5.65. The number of esters is 1. The first-order valence-electron chi connectivity index (χ1n) is 11.7. The minimum atomic E-state index is -0.668. The Hall–Kier alpha value is -4.31. The van der Waals surface area contributed by atoms with E-state index < -0.39 is 17.3 Å². The molecule has 1 N–H and O–H groups in total. The maximum Gasteiger partial charge on any atom is 0.342 e. The van der Waals surface area contributed by atoms with E-state index in [2.05, 4.69) is 21.4 Å². The Morgan fingerprint density at radius 3 is 2.14 bits per heavy atom. The lowest BCUT2D eigenvalue weighted by molar-refractivity contribution is 0.0520. The first-order chi connectivity index (χ1) is 17.1. The quantitative estimate of drug-likeness (QED) is 0.360. The summed E-state index contributed by atoms with van der Waals surface area (Å²) in [6.45, 7) is 10.8. The number of carbonyl (C=O) groups excluding carboxylic acids is 2. The molecule has 2 aromatic carbocycles. The van der Waals surface area contributed by atoms with E-state index in [1.807, 2.05) is 75.4 Å². The molecule has 0 bridgehead atoms. The molecule has 0 aliphatic rings. The molecule has 0 saturated carbocycles. The second kappa shape index (κ2) is 11.0. The van der Waals surface area contributed by atoms with Gasteiger partial charge < -0.3 is 10.1 Å². The fourth-order valence-electron chi connectivity index (χ4n) is 3.85. The van der Waals surface area contributed by atoms with Gasteiger partial charge in [-0.05, 0) is 37.5 Å². The number of hydrogen-bond acceptors (Lipinski definition) is 6. The van der Waals surface area contributed by atoms with Gasteiger partial charge in [0.1, 0.15) is 23.2 Å². The van der Waals surface area contributed by atoms with E-state index in [1.165, 1.54) is 0 Å². The molecular formula is C29H30N4O3. The zero-order valence-electron chi connectivity index (χ0n) is 21.5. The van der Waals surface area contributed by atoms with Gasteiger partial charge in [0.15, 0.2) is 0 Å². The number of nitrogens with one attached hydrogen (secondary N) is 1. The summed E-state index contributed by atoms with van der Waals surface area (Å²) < 4.78 is 5.13. The van der Waals surface area contributed by atoms with Crippen LogP contribution >= 0.6 is 0 Å². The van der Waals surface area contributed by atoms with Gasteiger partial charge in [0.2, 0.25) is 0 Å². The maximum absolute atomic E-state index is 13.5. The highest BCUT2D eigenvalue weighted by atomic mass is 16.5. The average Bonchev–Trinajstić information content (AvgIpc) is 2.83. The molecule has 0 spiro atoms. The highest BCUT2D eigenvalue weighted by molar-refractivity contribution is 6.05. The predicted molar refractivity (Wildman–Crippen MR) is 139 cm³/mol. The lowest BCUT2D eigenvalue weighted by Gasteiger charge is -2.26. The summed E-state index contributed by atoms with van der Waals surface area (Å²) in [5, 5.41) is 13.0. The van der Waals surface area contributed by atoms with Crippen molar-refractivity contribution in [1.29, 1.82) is 5.26 Å². The molecule has 0 unspecified atom stereocenters. The van der Waals surface area contributed by atoms with Crippen LogP contribution in [0.1, 0.15) is 65.6 Å². The van der Waals surface area contributed by atoms with E-state index in [-0.39, 0.29) is 17.9 Å². The third-order valence-corrected chi connectivity index (χ3v) is 5.53. The summed E-state index contributed by atoms with van der Waals surface area (Å²) in [4.78, 5) is 34.5. The number of allylic oxidation sites excluding steroid dienone is 2. The van der Waals surface area contributed by atoms with Crippen molar-refractivity contribution in [3.63, 3.8) is 0 Å². The topological polar surface area (TPSA) is 105 Å². The third kappa shape index (κ3) is 5.84. The molecule has 7 heteroatoms. The van der Waals surface area contributed by atoms with Crippen LogP contribution in [-0.4, -0.2) is 28.5 Å². The third-order valence-electron chi connectivity index (χ3n) is 5.53. The Labute approximate surface area is 211 Å². The highest BCUT2D eigenvalue weighted by Gasteiger charge is 2.29. The van der Waals surface area contributed by atoms with Crippen LogP contribution in [0, 0.1) is 30.6 Å². The maximum atomic E-state index is 13.5. The number of amides is 1. The fourth-order valence-corrected chi connectivity index (χ4v) is 3.85. The largest absolute Gasteiger partial charge is 0.462 e. The van der Waals surface area contributed by atoms with Crippen LogP contribution in [-0.2, 0) is 4.74 Å². The average molecular weight is 483 g/mol. The SMILES string of the molecule is CCOC(=O)c1c(C)nc(C)nc1C(=O)NC(=C(C#N)c1ccc(-c2ccccc2)cc1)C(C)(C)C. The van der Waals surface area contributed by atoms with Crippen molar-refractivity contribution >= 4 is 17.4 Å². The first-order valence-corrected chi connectivity index (χ1v) is 11.7. The van der Waals surface area contributed by atoms with Gasteiger partial charge in [0.25, 0.3) is 5.91 Å². The Morgan fingerprint density at radius 1 is 0.972 bits per heavy atom. The number of nitrogens with zero attached hydrogens (tertiary/aromatic N) is 3. The molecule has 184 valence electrons. The van der Waals surface area contributed by atoms with Crippen molar-refractivity contribution in [2.24, 2.45) is 5.41 Å². The molecule has 3 aromatic rings. The molecule has 1 aromatic heterocycles. The molecule has 0 radical (unpaired) electrons. The van der Waals surface area contributed by atoms with E-state index in [0.717, 1.165) is 11.1 Å². The van der Waals surface area contributed by atoms with Gasteiger partial charge in [0.05, 0.1) is 17.9 Å². The summed E-state index contributed by atoms with van der Waals surface area (Å²) in [7, 11) is 0. The first kappa shape index (κ1) is 26.3. The number of rotatable bonds is 6. The molecule has 1 amide bonds. The Kier molecular flexibility index (Phi) is 8.00. The minimum absolute atomic E-state index is 0.0129. The van der Waals surface area contributed by atoms with Crippen LogP contribution in [0.4, 0.5) is 0 Å². The number of hydrogen-bond donors (Lipinski definition) is 1. The molecule has 0 aliphatic carbocycles. The molecule has 3 rings (SSSR count). The standard InChI is InChI=1S/C29H30N4O3/c1-7-36-28(35)24-18(2)31-19(3)32-25(24)27(34)33-26(29(4,5)6)23(17-30)22-15-13-21(14-16-22)20-11-9-8-10-12-20/h8-16H,7H2,1-6H3,(H,33,34). The number of nitriles is 1. The van der Waals surface area contributed by atoms with Gasteiger partial charge in [-0.1, -0.05) is 75.4 Å². The van der Waals surface area contributed by atoms with Crippen molar-refractivity contribution in [1.82, 2.24) is 15.3 Å². The van der Waals surface area contributed by atoms with Gasteiger partial charge in [-0.2, -0.15) is 5.26 Å². The summed E-state index contributed by atoms with van der Waals surface area (Å²) >= 11 is 0. The lowest BCUT2D eigenvalue weighted by Crippen LogP contribution is -2.33. The zero-order valence-corrected chi connectivity index (χ0v) is 21.5. The van der Waals surface area contributed by atoms with E-state index in [4.69, 9.17) is 4.74 Å². The zero-order chi connectivity index (χ0) is 26.5. The van der Waals surface area contributed by atoms with Crippen molar-refractivity contribution in [2.45, 2.75) is 41.5 Å². The molecule has 0 atom stereocenters. The van der Waals surface area contributed by atoms with Crippen LogP contribution in [0.2, 0.25) is 0 Å². The summed E-state index contributed by atoms with van der Waals surface area (Å²) in [6.07, 6.45) is 0. The van der Waals surface area contributed by atoms with Gasteiger partial charge >= 0.3 is 5.97 Å². The van der Waals surface area contributed by atoms with Crippen LogP contribution in [0.25, 0.3) is 16.7 Å². The fraction of sp³-hybridized carbons (Fsp3) is 0.276. The lowest BCUT2D eigenvalue weighted by atomic mass is 9.86. The monoisotopic (exact) mass is 482 g/mol.